The predicted molar refractivity (Wildman–Crippen MR) is 117 cm³/mol. The van der Waals surface area contributed by atoms with E-state index in [0.29, 0.717) is 22.8 Å². The van der Waals surface area contributed by atoms with Gasteiger partial charge in [0, 0.05) is 34.8 Å². The van der Waals surface area contributed by atoms with Crippen molar-refractivity contribution >= 4 is 17.8 Å². The van der Waals surface area contributed by atoms with Gasteiger partial charge in [0.05, 0.1) is 5.56 Å². The molecular formula is C25H20F3NO5. The Morgan fingerprint density at radius 2 is 1.82 bits per heavy atom. The Kier molecular flexibility index (Phi) is 6.19. The number of aryl methyl sites for hydroxylation is 1. The second kappa shape index (κ2) is 9.09. The van der Waals surface area contributed by atoms with Crippen molar-refractivity contribution in [3.63, 3.8) is 0 Å². The lowest BCUT2D eigenvalue weighted by Gasteiger charge is -2.10. The smallest absolute Gasteiger partial charge is 0.416 e. The minimum absolute atomic E-state index is 0.153. The first-order valence-corrected chi connectivity index (χ1v) is 10.3. The molecule has 0 saturated heterocycles. The van der Waals surface area contributed by atoms with E-state index in [-0.39, 0.29) is 12.4 Å². The summed E-state index contributed by atoms with van der Waals surface area (Å²) in [6.45, 7) is 3.27. The Labute approximate surface area is 193 Å². The molecule has 3 aromatic rings. The lowest BCUT2D eigenvalue weighted by Crippen LogP contribution is -2.13. The fraction of sp³-hybridized carbons (Fsp3) is 0.200. The van der Waals surface area contributed by atoms with Crippen LogP contribution in [0.15, 0.2) is 54.6 Å². The third-order valence-electron chi connectivity index (χ3n) is 5.32. The number of benzene rings is 2. The Hall–Kier alpha value is -4.01. The van der Waals surface area contributed by atoms with Crippen LogP contribution in [-0.2, 0) is 15.7 Å². The number of esters is 1. The Morgan fingerprint density at radius 3 is 2.59 bits per heavy atom. The molecule has 1 aromatic heterocycles. The molecule has 0 N–H and O–H groups in total. The van der Waals surface area contributed by atoms with Crippen LogP contribution in [0.3, 0.4) is 0 Å². The minimum atomic E-state index is -4.48. The highest BCUT2D eigenvalue weighted by atomic mass is 19.4. The van der Waals surface area contributed by atoms with E-state index in [1.165, 1.54) is 18.2 Å². The maximum atomic E-state index is 12.8. The van der Waals surface area contributed by atoms with Crippen molar-refractivity contribution in [2.75, 3.05) is 13.4 Å². The van der Waals surface area contributed by atoms with Crippen molar-refractivity contribution in [1.29, 1.82) is 0 Å². The summed E-state index contributed by atoms with van der Waals surface area (Å²) < 4.78 is 56.0. The van der Waals surface area contributed by atoms with Crippen LogP contribution in [0, 0.1) is 13.8 Å². The van der Waals surface area contributed by atoms with Gasteiger partial charge in [-0.15, -0.1) is 0 Å². The maximum absolute atomic E-state index is 12.8. The first kappa shape index (κ1) is 23.2. The van der Waals surface area contributed by atoms with E-state index in [1.807, 2.05) is 23.6 Å². The number of nitrogens with zero attached hydrogens (tertiary/aromatic N) is 1. The van der Waals surface area contributed by atoms with Crippen LogP contribution in [0.5, 0.6) is 11.5 Å². The van der Waals surface area contributed by atoms with Gasteiger partial charge in [0.25, 0.3) is 0 Å². The Balaban J connectivity index is 1.42. The SMILES string of the molecule is Cc1cc(C(=O)COC(=O)C=Cc2cccc(C(F)(F)F)c2)c(C)n1-c1ccc2c(c1)OCO2. The molecule has 0 amide bonds. The Bertz CT molecular complexity index is 1290. The van der Waals surface area contributed by atoms with Gasteiger partial charge in [-0.25, -0.2) is 4.79 Å². The molecule has 0 atom stereocenters. The molecule has 0 aliphatic carbocycles. The third kappa shape index (κ3) is 4.83. The van der Waals surface area contributed by atoms with E-state index in [0.717, 1.165) is 29.6 Å². The van der Waals surface area contributed by atoms with Crippen LogP contribution in [-0.4, -0.2) is 29.7 Å². The van der Waals surface area contributed by atoms with Gasteiger partial charge in [0.2, 0.25) is 12.6 Å². The zero-order valence-corrected chi connectivity index (χ0v) is 18.3. The highest BCUT2D eigenvalue weighted by Gasteiger charge is 2.30. The summed E-state index contributed by atoms with van der Waals surface area (Å²) in [5, 5.41) is 0. The van der Waals surface area contributed by atoms with E-state index in [9.17, 15) is 22.8 Å². The molecule has 2 heterocycles. The quantitative estimate of drug-likeness (QED) is 0.278. The minimum Gasteiger partial charge on any atom is -0.454 e. The van der Waals surface area contributed by atoms with Gasteiger partial charge in [-0.3, -0.25) is 4.79 Å². The molecule has 1 aliphatic heterocycles. The summed E-state index contributed by atoms with van der Waals surface area (Å²) in [5.74, 6) is 0.0169. The van der Waals surface area contributed by atoms with Crippen molar-refractivity contribution in [3.05, 3.63) is 82.7 Å². The molecule has 9 heteroatoms. The van der Waals surface area contributed by atoms with Crippen LogP contribution < -0.4 is 9.47 Å². The summed E-state index contributed by atoms with van der Waals surface area (Å²) in [6.07, 6.45) is -2.30. The second-order valence-electron chi connectivity index (χ2n) is 7.65. The number of Topliss-reactive ketones (excluding diaryl/α,β-unsaturated/α-hetero) is 1. The van der Waals surface area contributed by atoms with Gasteiger partial charge < -0.3 is 18.8 Å². The summed E-state index contributed by atoms with van der Waals surface area (Å²) in [7, 11) is 0. The number of alkyl halides is 3. The lowest BCUT2D eigenvalue weighted by molar-refractivity contribution is -0.138. The van der Waals surface area contributed by atoms with E-state index < -0.39 is 30.1 Å². The monoisotopic (exact) mass is 471 g/mol. The molecular weight excluding hydrogens is 451 g/mol. The van der Waals surface area contributed by atoms with Gasteiger partial charge in [-0.2, -0.15) is 13.2 Å². The molecule has 1 aliphatic rings. The number of carbonyl (C=O) groups excluding carboxylic acids is 2. The topological polar surface area (TPSA) is 66.8 Å². The highest BCUT2D eigenvalue weighted by molar-refractivity contribution is 6.00. The van der Waals surface area contributed by atoms with Gasteiger partial charge in [0.15, 0.2) is 18.1 Å². The van der Waals surface area contributed by atoms with E-state index in [4.69, 9.17) is 14.2 Å². The fourth-order valence-electron chi connectivity index (χ4n) is 3.71. The second-order valence-corrected chi connectivity index (χ2v) is 7.65. The fourth-order valence-corrected chi connectivity index (χ4v) is 3.71. The normalized spacial score (nSPS) is 12.9. The van der Waals surface area contributed by atoms with Crippen LogP contribution >= 0.6 is 0 Å². The van der Waals surface area contributed by atoms with Crippen molar-refractivity contribution in [2.24, 2.45) is 0 Å². The molecule has 0 spiro atoms. The lowest BCUT2D eigenvalue weighted by atomic mass is 10.1. The molecule has 0 bridgehead atoms. The summed E-state index contributed by atoms with van der Waals surface area (Å²) in [6, 6.07) is 11.7. The molecule has 0 fully saturated rings. The van der Waals surface area contributed by atoms with Crippen LogP contribution in [0.25, 0.3) is 11.8 Å². The molecule has 0 unspecified atom stereocenters. The zero-order chi connectivity index (χ0) is 24.5. The first-order valence-electron chi connectivity index (χ1n) is 10.3. The van der Waals surface area contributed by atoms with Gasteiger partial charge in [-0.05, 0) is 55.8 Å². The number of carbonyl (C=O) groups is 2. The van der Waals surface area contributed by atoms with Crippen LogP contribution in [0.1, 0.15) is 32.9 Å². The summed E-state index contributed by atoms with van der Waals surface area (Å²) >= 11 is 0. The summed E-state index contributed by atoms with van der Waals surface area (Å²) in [4.78, 5) is 24.7. The number of hydrogen-bond donors (Lipinski definition) is 0. The molecule has 2 aromatic carbocycles. The average molecular weight is 471 g/mol. The Morgan fingerprint density at radius 1 is 1.06 bits per heavy atom. The molecule has 6 nitrogen and oxygen atoms in total. The van der Waals surface area contributed by atoms with Gasteiger partial charge in [0.1, 0.15) is 0 Å². The number of fused-ring (bicyclic) bond motifs is 1. The predicted octanol–water partition coefficient (Wildman–Crippen LogP) is 5.28. The standard InChI is InChI=1S/C25H20F3NO5/c1-15-10-20(16(2)29(15)19-7-8-22-23(12-19)34-14-33-22)21(30)13-32-24(31)9-6-17-4-3-5-18(11-17)25(26,27)28/h3-12H,13-14H2,1-2H3. The number of aromatic nitrogens is 1. The number of hydrogen-bond acceptors (Lipinski definition) is 5. The van der Waals surface area contributed by atoms with E-state index >= 15 is 0 Å². The van der Waals surface area contributed by atoms with E-state index in [1.54, 1.807) is 19.1 Å². The molecule has 0 saturated carbocycles. The number of ketones is 1. The molecule has 34 heavy (non-hydrogen) atoms. The van der Waals surface area contributed by atoms with Crippen molar-refractivity contribution in [3.8, 4) is 17.2 Å². The molecule has 4 rings (SSSR count). The molecule has 0 radical (unpaired) electrons. The molecule has 176 valence electrons. The maximum Gasteiger partial charge on any atom is 0.416 e. The number of ether oxygens (including phenoxy) is 3. The van der Waals surface area contributed by atoms with Gasteiger partial charge >= 0.3 is 12.1 Å². The van der Waals surface area contributed by atoms with Gasteiger partial charge in [-0.1, -0.05) is 12.1 Å². The first-order chi connectivity index (χ1) is 16.1. The highest BCUT2D eigenvalue weighted by Crippen LogP contribution is 2.35. The van der Waals surface area contributed by atoms with Crippen LogP contribution in [0.2, 0.25) is 0 Å². The van der Waals surface area contributed by atoms with Crippen LogP contribution in [0.4, 0.5) is 13.2 Å². The average Bonchev–Trinajstić information content (AvgIpc) is 3.38. The number of halogens is 3. The zero-order valence-electron chi connectivity index (χ0n) is 18.3. The summed E-state index contributed by atoms with van der Waals surface area (Å²) in [5.41, 5.74) is 2.01. The number of rotatable bonds is 6. The van der Waals surface area contributed by atoms with Crippen molar-refractivity contribution in [2.45, 2.75) is 20.0 Å². The third-order valence-corrected chi connectivity index (χ3v) is 5.32. The largest absolute Gasteiger partial charge is 0.454 e. The van der Waals surface area contributed by atoms with Crippen molar-refractivity contribution in [1.82, 2.24) is 4.57 Å². The van der Waals surface area contributed by atoms with E-state index in [2.05, 4.69) is 0 Å². The van der Waals surface area contributed by atoms with Crippen molar-refractivity contribution < 1.29 is 37.0 Å².